The molecule has 0 aliphatic heterocycles. The minimum atomic E-state index is -0.791. The molecule has 2 amide bonds. The van der Waals surface area contributed by atoms with Crippen molar-refractivity contribution in [3.8, 4) is 11.1 Å². The van der Waals surface area contributed by atoms with E-state index in [-0.39, 0.29) is 42.1 Å². The number of hydrogen-bond donors (Lipinski definition) is 3. The van der Waals surface area contributed by atoms with Crippen molar-refractivity contribution >= 4 is 18.0 Å². The van der Waals surface area contributed by atoms with Gasteiger partial charge in [0, 0.05) is 24.9 Å². The monoisotopic (exact) mass is 434 g/mol. The van der Waals surface area contributed by atoms with Crippen LogP contribution >= 0.6 is 0 Å². The molecule has 7 heteroatoms. The van der Waals surface area contributed by atoms with E-state index in [0.717, 1.165) is 6.42 Å². The maximum atomic E-state index is 12.3. The second-order valence-electron chi connectivity index (χ2n) is 8.99. The summed E-state index contributed by atoms with van der Waals surface area (Å²) < 4.78 is 5.53. The molecule has 0 bridgehead atoms. The molecule has 7 nitrogen and oxygen atoms in total. The van der Waals surface area contributed by atoms with Gasteiger partial charge in [-0.05, 0) is 46.9 Å². The van der Waals surface area contributed by atoms with Crippen LogP contribution in [0.1, 0.15) is 29.9 Å². The minimum absolute atomic E-state index is 0.0182. The Morgan fingerprint density at radius 2 is 1.41 bits per heavy atom. The summed E-state index contributed by atoms with van der Waals surface area (Å²) in [4.78, 5) is 35.3. The van der Waals surface area contributed by atoms with E-state index in [0.29, 0.717) is 19.5 Å². The lowest BCUT2D eigenvalue weighted by Gasteiger charge is -2.14. The maximum Gasteiger partial charge on any atom is 0.407 e. The summed E-state index contributed by atoms with van der Waals surface area (Å²) in [6.07, 6.45) is 0.885. The predicted molar refractivity (Wildman–Crippen MR) is 117 cm³/mol. The summed E-state index contributed by atoms with van der Waals surface area (Å²) in [6, 6.07) is 16.4. The first kappa shape index (κ1) is 20.5. The number of ether oxygens (including phenoxy) is 1. The Bertz CT molecular complexity index is 1020. The highest BCUT2D eigenvalue weighted by atomic mass is 16.5. The molecule has 2 unspecified atom stereocenters. The highest BCUT2D eigenvalue weighted by Crippen LogP contribution is 2.44. The van der Waals surface area contributed by atoms with Crippen LogP contribution in [0.15, 0.2) is 48.5 Å². The smallest absolute Gasteiger partial charge is 0.407 e. The summed E-state index contributed by atoms with van der Waals surface area (Å²) in [5, 5.41) is 14.5. The number of alkyl carbamates (subject to hydrolysis) is 1. The molecule has 5 rings (SSSR count). The van der Waals surface area contributed by atoms with Crippen molar-refractivity contribution < 1.29 is 24.2 Å². The lowest BCUT2D eigenvalue weighted by atomic mass is 9.98. The van der Waals surface area contributed by atoms with E-state index in [2.05, 4.69) is 34.9 Å². The van der Waals surface area contributed by atoms with Gasteiger partial charge in [-0.3, -0.25) is 9.59 Å². The van der Waals surface area contributed by atoms with Gasteiger partial charge in [0.2, 0.25) is 5.91 Å². The Morgan fingerprint density at radius 1 is 0.844 bits per heavy atom. The van der Waals surface area contributed by atoms with Crippen molar-refractivity contribution in [1.82, 2.24) is 10.6 Å². The molecule has 32 heavy (non-hydrogen) atoms. The van der Waals surface area contributed by atoms with Gasteiger partial charge in [-0.25, -0.2) is 4.79 Å². The van der Waals surface area contributed by atoms with Crippen LogP contribution in [0, 0.1) is 23.7 Å². The summed E-state index contributed by atoms with van der Waals surface area (Å²) in [5.74, 6) is -1.12. The van der Waals surface area contributed by atoms with Gasteiger partial charge in [-0.15, -0.1) is 0 Å². The number of nitrogens with one attached hydrogen (secondary N) is 2. The number of rotatable bonds is 8. The Labute approximate surface area is 186 Å². The highest BCUT2D eigenvalue weighted by Gasteiger charge is 2.46. The van der Waals surface area contributed by atoms with Gasteiger partial charge in [0.1, 0.15) is 6.61 Å². The van der Waals surface area contributed by atoms with Crippen LogP contribution in [0.2, 0.25) is 0 Å². The van der Waals surface area contributed by atoms with E-state index in [4.69, 9.17) is 9.84 Å². The SMILES string of the molecule is O=C(NC[C@@H]1C[C@@H]1C(=O)NCC1CC1C(=O)O)OCC1c2ccccc2-c2ccccc21. The van der Waals surface area contributed by atoms with Crippen molar-refractivity contribution in [3.05, 3.63) is 59.7 Å². The Balaban J connectivity index is 1.06. The number of hydrogen-bond acceptors (Lipinski definition) is 4. The molecule has 0 heterocycles. The first-order valence-corrected chi connectivity index (χ1v) is 11.1. The van der Waals surface area contributed by atoms with Crippen LogP contribution in [0.3, 0.4) is 0 Å². The van der Waals surface area contributed by atoms with Gasteiger partial charge in [0.25, 0.3) is 0 Å². The molecule has 3 aliphatic rings. The van der Waals surface area contributed by atoms with Crippen molar-refractivity contribution in [2.75, 3.05) is 19.7 Å². The zero-order valence-corrected chi connectivity index (χ0v) is 17.6. The molecule has 3 N–H and O–H groups in total. The molecule has 0 aromatic heterocycles. The molecule has 2 saturated carbocycles. The maximum absolute atomic E-state index is 12.3. The summed E-state index contributed by atoms with van der Waals surface area (Å²) >= 11 is 0. The molecule has 0 radical (unpaired) electrons. The van der Waals surface area contributed by atoms with Gasteiger partial charge >= 0.3 is 12.1 Å². The number of amides is 2. The van der Waals surface area contributed by atoms with E-state index in [1.807, 2.05) is 24.3 Å². The number of benzene rings is 2. The molecule has 2 aromatic rings. The third kappa shape index (κ3) is 4.07. The largest absolute Gasteiger partial charge is 0.481 e. The van der Waals surface area contributed by atoms with E-state index >= 15 is 0 Å². The van der Waals surface area contributed by atoms with Crippen molar-refractivity contribution in [3.63, 3.8) is 0 Å². The molecule has 166 valence electrons. The lowest BCUT2D eigenvalue weighted by molar-refractivity contribution is -0.139. The van der Waals surface area contributed by atoms with E-state index in [1.165, 1.54) is 22.3 Å². The van der Waals surface area contributed by atoms with Gasteiger partial charge in [-0.1, -0.05) is 48.5 Å². The van der Waals surface area contributed by atoms with E-state index in [9.17, 15) is 14.4 Å². The summed E-state index contributed by atoms with van der Waals surface area (Å²) in [5.41, 5.74) is 4.71. The van der Waals surface area contributed by atoms with E-state index < -0.39 is 12.1 Å². The van der Waals surface area contributed by atoms with Gasteiger partial charge < -0.3 is 20.5 Å². The number of carbonyl (C=O) groups is 3. The lowest BCUT2D eigenvalue weighted by Crippen LogP contribution is -2.31. The topological polar surface area (TPSA) is 105 Å². The summed E-state index contributed by atoms with van der Waals surface area (Å²) in [7, 11) is 0. The number of aliphatic carboxylic acids is 1. The molecule has 0 saturated heterocycles. The van der Waals surface area contributed by atoms with Gasteiger partial charge in [-0.2, -0.15) is 0 Å². The normalized spacial score (nSPS) is 24.8. The fourth-order valence-corrected chi connectivity index (χ4v) is 4.80. The molecular formula is C25H26N2O5. The first-order valence-electron chi connectivity index (χ1n) is 11.1. The minimum Gasteiger partial charge on any atom is -0.481 e. The highest BCUT2D eigenvalue weighted by molar-refractivity contribution is 5.82. The average Bonchev–Trinajstić information content (AvgIpc) is 3.71. The van der Waals surface area contributed by atoms with Crippen molar-refractivity contribution in [2.45, 2.75) is 18.8 Å². The molecular weight excluding hydrogens is 408 g/mol. The average molecular weight is 434 g/mol. The molecule has 2 aromatic carbocycles. The second-order valence-corrected chi connectivity index (χ2v) is 8.99. The van der Waals surface area contributed by atoms with E-state index in [1.54, 1.807) is 0 Å². The number of carboxylic acid groups (broad SMARTS) is 1. The fourth-order valence-electron chi connectivity index (χ4n) is 4.80. The van der Waals surface area contributed by atoms with Crippen molar-refractivity contribution in [1.29, 1.82) is 0 Å². The Kier molecular flexibility index (Phi) is 5.33. The third-order valence-electron chi connectivity index (χ3n) is 6.89. The predicted octanol–water partition coefficient (Wildman–Crippen LogP) is 3.00. The zero-order valence-electron chi connectivity index (χ0n) is 17.6. The number of carboxylic acids is 1. The first-order chi connectivity index (χ1) is 15.5. The zero-order chi connectivity index (χ0) is 22.2. The Morgan fingerprint density at radius 3 is 2.03 bits per heavy atom. The quantitative estimate of drug-likeness (QED) is 0.593. The van der Waals surface area contributed by atoms with Crippen LogP contribution in [-0.2, 0) is 14.3 Å². The van der Waals surface area contributed by atoms with Gasteiger partial charge in [0.15, 0.2) is 0 Å². The van der Waals surface area contributed by atoms with Gasteiger partial charge in [0.05, 0.1) is 5.92 Å². The summed E-state index contributed by atoms with van der Waals surface area (Å²) in [6.45, 7) is 1.08. The molecule has 2 fully saturated rings. The van der Waals surface area contributed by atoms with Crippen molar-refractivity contribution in [2.24, 2.45) is 23.7 Å². The fraction of sp³-hybridized carbons (Fsp3) is 0.400. The number of carbonyl (C=O) groups excluding carboxylic acids is 2. The van der Waals surface area contributed by atoms with Crippen LogP contribution < -0.4 is 10.6 Å². The van der Waals surface area contributed by atoms with Crippen LogP contribution in [-0.4, -0.2) is 42.8 Å². The molecule has 0 spiro atoms. The Hall–Kier alpha value is -3.35. The van der Waals surface area contributed by atoms with Crippen LogP contribution in [0.25, 0.3) is 11.1 Å². The number of fused-ring (bicyclic) bond motifs is 3. The third-order valence-corrected chi connectivity index (χ3v) is 6.89. The standard InChI is InChI=1S/C25H26N2O5/c28-23(26-11-15-10-21(15)24(29)30)20-9-14(20)12-27-25(31)32-13-22-18-7-3-1-5-16(18)17-6-2-4-8-19(17)22/h1-8,14-15,20-22H,9-13H2,(H,26,28)(H,27,31)(H,29,30)/t14-,15?,20-,21?/m0/s1. The molecule has 4 atom stereocenters. The van der Waals surface area contributed by atoms with Crippen LogP contribution in [0.4, 0.5) is 4.79 Å². The molecule has 3 aliphatic carbocycles. The second kappa shape index (κ2) is 8.30. The van der Waals surface area contributed by atoms with Crippen LogP contribution in [0.5, 0.6) is 0 Å².